The Hall–Kier alpha value is -2.17. The maximum atomic E-state index is 9.18. The quantitative estimate of drug-likeness (QED) is 0.599. The average Bonchev–Trinajstić information content (AvgIpc) is 2.36. The summed E-state index contributed by atoms with van der Waals surface area (Å²) >= 11 is 0. The fraction of sp³-hybridized carbons (Fsp3) is 0.250. The van der Waals surface area contributed by atoms with Gasteiger partial charge in [0.2, 0.25) is 0 Å². The predicted octanol–water partition coefficient (Wildman–Crippen LogP) is 1.44. The van der Waals surface area contributed by atoms with Gasteiger partial charge in [0, 0.05) is 5.56 Å². The van der Waals surface area contributed by atoms with Gasteiger partial charge in [0.25, 0.3) is 6.47 Å². The van der Waals surface area contributed by atoms with Crippen molar-refractivity contribution in [2.45, 2.75) is 6.92 Å². The summed E-state index contributed by atoms with van der Waals surface area (Å²) in [5.41, 5.74) is 13.4. The number of nitrogen functional groups attached to an aromatic ring is 2. The van der Waals surface area contributed by atoms with Crippen LogP contribution in [0.4, 0.5) is 11.4 Å². The second-order valence-electron chi connectivity index (χ2n) is 3.25. The SMILES string of the molecule is CCOC=O.Nc1ccc2c(c1N)OCC=C2. The highest BCUT2D eigenvalue weighted by atomic mass is 16.5. The molecule has 1 aliphatic rings. The predicted molar refractivity (Wildman–Crippen MR) is 67.5 cm³/mol. The standard InChI is InChI=1S/C9H10N2O.C3H6O2/c10-7-4-3-6-2-1-5-12-9(6)8(7)11;1-2-5-3-4/h1-4H,5,10-11H2;3H,2H2,1H3. The van der Waals surface area contributed by atoms with Crippen LogP contribution < -0.4 is 16.2 Å². The van der Waals surface area contributed by atoms with Crippen LogP contribution in [0.25, 0.3) is 6.08 Å². The molecule has 2 rings (SSSR count). The number of carbonyl (C=O) groups is 1. The van der Waals surface area contributed by atoms with Crippen molar-refractivity contribution in [1.82, 2.24) is 0 Å². The van der Waals surface area contributed by atoms with Gasteiger partial charge in [-0.3, -0.25) is 4.79 Å². The van der Waals surface area contributed by atoms with E-state index in [-0.39, 0.29) is 0 Å². The van der Waals surface area contributed by atoms with E-state index in [1.807, 2.05) is 18.2 Å². The van der Waals surface area contributed by atoms with E-state index in [1.54, 1.807) is 13.0 Å². The van der Waals surface area contributed by atoms with Gasteiger partial charge in [0.05, 0.1) is 18.0 Å². The maximum Gasteiger partial charge on any atom is 0.293 e. The maximum absolute atomic E-state index is 9.18. The highest BCUT2D eigenvalue weighted by molar-refractivity contribution is 5.78. The number of anilines is 2. The van der Waals surface area contributed by atoms with Crippen molar-refractivity contribution >= 4 is 23.9 Å². The average molecular weight is 236 g/mol. The van der Waals surface area contributed by atoms with Crippen LogP contribution in [-0.2, 0) is 9.53 Å². The summed E-state index contributed by atoms with van der Waals surface area (Å²) in [4.78, 5) is 9.18. The summed E-state index contributed by atoms with van der Waals surface area (Å²) in [6, 6.07) is 3.68. The number of ether oxygens (including phenoxy) is 2. The Balaban J connectivity index is 0.000000249. The molecule has 0 saturated heterocycles. The molecule has 0 spiro atoms. The smallest absolute Gasteiger partial charge is 0.293 e. The largest absolute Gasteiger partial charge is 0.487 e. The van der Waals surface area contributed by atoms with E-state index in [2.05, 4.69) is 4.74 Å². The lowest BCUT2D eigenvalue weighted by molar-refractivity contribution is -0.128. The Bertz CT molecular complexity index is 416. The molecule has 1 aromatic rings. The molecule has 0 aromatic heterocycles. The highest BCUT2D eigenvalue weighted by Crippen LogP contribution is 2.34. The summed E-state index contributed by atoms with van der Waals surface area (Å²) in [5, 5.41) is 0. The molecule has 1 aliphatic heterocycles. The van der Waals surface area contributed by atoms with Crippen molar-refractivity contribution in [3.05, 3.63) is 23.8 Å². The molecule has 0 bridgehead atoms. The van der Waals surface area contributed by atoms with Gasteiger partial charge in [0.15, 0.2) is 5.75 Å². The fourth-order valence-corrected chi connectivity index (χ4v) is 1.30. The third kappa shape index (κ3) is 3.41. The first-order chi connectivity index (χ1) is 8.20. The summed E-state index contributed by atoms with van der Waals surface area (Å²) in [7, 11) is 0. The van der Waals surface area contributed by atoms with Crippen molar-refractivity contribution in [3.8, 4) is 5.75 Å². The molecule has 1 aromatic carbocycles. The zero-order chi connectivity index (χ0) is 12.7. The lowest BCUT2D eigenvalue weighted by Crippen LogP contribution is -2.05. The first-order valence-electron chi connectivity index (χ1n) is 5.23. The topological polar surface area (TPSA) is 87.6 Å². The molecule has 92 valence electrons. The van der Waals surface area contributed by atoms with Crippen molar-refractivity contribution in [2.75, 3.05) is 24.7 Å². The Morgan fingerprint density at radius 2 is 2.24 bits per heavy atom. The fourth-order valence-electron chi connectivity index (χ4n) is 1.30. The van der Waals surface area contributed by atoms with Crippen molar-refractivity contribution in [2.24, 2.45) is 0 Å². The van der Waals surface area contributed by atoms with Gasteiger partial charge in [-0.25, -0.2) is 0 Å². The van der Waals surface area contributed by atoms with Crippen LogP contribution >= 0.6 is 0 Å². The van der Waals surface area contributed by atoms with Crippen LogP contribution in [0.5, 0.6) is 5.75 Å². The lowest BCUT2D eigenvalue weighted by Gasteiger charge is -2.15. The molecule has 0 atom stereocenters. The first kappa shape index (κ1) is 12.9. The summed E-state index contributed by atoms with van der Waals surface area (Å²) < 4.78 is 9.50. The second-order valence-corrected chi connectivity index (χ2v) is 3.25. The van der Waals surface area contributed by atoms with E-state index in [0.29, 0.717) is 36.8 Å². The van der Waals surface area contributed by atoms with Crippen molar-refractivity contribution in [1.29, 1.82) is 0 Å². The normalized spacial score (nSPS) is 11.6. The number of fused-ring (bicyclic) bond motifs is 1. The highest BCUT2D eigenvalue weighted by Gasteiger charge is 2.10. The first-order valence-corrected chi connectivity index (χ1v) is 5.23. The Kier molecular flexibility index (Phi) is 4.87. The minimum atomic E-state index is 0.431. The molecule has 0 aliphatic carbocycles. The zero-order valence-electron chi connectivity index (χ0n) is 9.68. The zero-order valence-corrected chi connectivity index (χ0v) is 9.68. The molecule has 0 amide bonds. The number of rotatable bonds is 2. The van der Waals surface area contributed by atoms with Crippen LogP contribution in [0.3, 0.4) is 0 Å². The van der Waals surface area contributed by atoms with E-state index in [4.69, 9.17) is 16.2 Å². The van der Waals surface area contributed by atoms with Crippen molar-refractivity contribution in [3.63, 3.8) is 0 Å². The monoisotopic (exact) mass is 236 g/mol. The summed E-state index contributed by atoms with van der Waals surface area (Å²) in [5.74, 6) is 0.706. The van der Waals surface area contributed by atoms with E-state index >= 15 is 0 Å². The number of nitrogens with two attached hydrogens (primary N) is 2. The van der Waals surface area contributed by atoms with Crippen LogP contribution in [0.2, 0.25) is 0 Å². The second kappa shape index (κ2) is 6.42. The number of hydrogen-bond acceptors (Lipinski definition) is 5. The third-order valence-corrected chi connectivity index (χ3v) is 2.12. The molecule has 0 radical (unpaired) electrons. The summed E-state index contributed by atoms with van der Waals surface area (Å²) in [6.45, 7) is 3.23. The molecular formula is C12H16N2O3. The Morgan fingerprint density at radius 1 is 1.47 bits per heavy atom. The molecular weight excluding hydrogens is 220 g/mol. The summed E-state index contributed by atoms with van der Waals surface area (Å²) in [6.07, 6.45) is 3.92. The molecule has 1 heterocycles. The van der Waals surface area contributed by atoms with Gasteiger partial charge < -0.3 is 20.9 Å². The minimum Gasteiger partial charge on any atom is -0.487 e. The van der Waals surface area contributed by atoms with Gasteiger partial charge in [-0.05, 0) is 25.1 Å². The van der Waals surface area contributed by atoms with E-state index in [9.17, 15) is 4.79 Å². The van der Waals surface area contributed by atoms with Crippen molar-refractivity contribution < 1.29 is 14.3 Å². The molecule has 5 nitrogen and oxygen atoms in total. The molecule has 0 fully saturated rings. The minimum absolute atomic E-state index is 0.431. The Labute approximate surface area is 100.0 Å². The number of hydrogen-bond donors (Lipinski definition) is 2. The number of carbonyl (C=O) groups excluding carboxylic acids is 1. The number of benzene rings is 1. The van der Waals surface area contributed by atoms with Gasteiger partial charge in [-0.1, -0.05) is 6.08 Å². The molecule has 0 unspecified atom stereocenters. The van der Waals surface area contributed by atoms with Gasteiger partial charge in [0.1, 0.15) is 6.61 Å². The van der Waals surface area contributed by atoms with Gasteiger partial charge >= 0.3 is 0 Å². The molecule has 5 heteroatoms. The molecule has 17 heavy (non-hydrogen) atoms. The molecule has 0 saturated carbocycles. The van der Waals surface area contributed by atoms with Gasteiger partial charge in [-0.2, -0.15) is 0 Å². The van der Waals surface area contributed by atoms with Crippen LogP contribution in [0.15, 0.2) is 18.2 Å². The van der Waals surface area contributed by atoms with Crippen LogP contribution in [-0.4, -0.2) is 19.7 Å². The Morgan fingerprint density at radius 3 is 2.82 bits per heavy atom. The van der Waals surface area contributed by atoms with E-state index < -0.39 is 0 Å². The lowest BCUT2D eigenvalue weighted by atomic mass is 10.1. The van der Waals surface area contributed by atoms with Gasteiger partial charge in [-0.15, -0.1) is 0 Å². The van der Waals surface area contributed by atoms with E-state index in [1.165, 1.54) is 0 Å². The molecule has 4 N–H and O–H groups in total. The van der Waals surface area contributed by atoms with Crippen LogP contribution in [0, 0.1) is 0 Å². The third-order valence-electron chi connectivity index (χ3n) is 2.12. The van der Waals surface area contributed by atoms with E-state index in [0.717, 1.165) is 5.56 Å². The van der Waals surface area contributed by atoms with Crippen LogP contribution in [0.1, 0.15) is 12.5 Å².